The predicted molar refractivity (Wildman–Crippen MR) is 45.6 cm³/mol. The molecule has 1 aromatic carbocycles. The predicted octanol–water partition coefficient (Wildman–Crippen LogP) is 2.76. The summed E-state index contributed by atoms with van der Waals surface area (Å²) >= 11 is 2.67. The summed E-state index contributed by atoms with van der Waals surface area (Å²) < 4.78 is 38.5. The lowest BCUT2D eigenvalue weighted by Gasteiger charge is -2.13. The van der Waals surface area contributed by atoms with Crippen LogP contribution in [0.25, 0.3) is 0 Å². The van der Waals surface area contributed by atoms with Crippen molar-refractivity contribution in [2.45, 2.75) is 5.92 Å². The molecule has 0 aliphatic heterocycles. The Morgan fingerprint density at radius 1 is 1.43 bits per heavy atom. The molecule has 1 rings (SSSR count). The van der Waals surface area contributed by atoms with E-state index in [1.54, 1.807) is 0 Å². The molecule has 0 aromatic heterocycles. The topological polar surface area (TPSA) is 37.3 Å². The van der Waals surface area contributed by atoms with Crippen LogP contribution in [0, 0.1) is 5.82 Å². The van der Waals surface area contributed by atoms with Crippen LogP contribution < -0.4 is 0 Å². The maximum atomic E-state index is 12.9. The Kier molecular flexibility index (Phi) is 2.84. The highest BCUT2D eigenvalue weighted by Gasteiger charge is 2.44. The van der Waals surface area contributed by atoms with Crippen LogP contribution in [-0.2, 0) is 10.7 Å². The summed E-state index contributed by atoms with van der Waals surface area (Å²) in [6.07, 6.45) is 0. The molecule has 0 aliphatic carbocycles. The van der Waals surface area contributed by atoms with Crippen molar-refractivity contribution in [3.8, 4) is 0 Å². The average molecular weight is 269 g/mol. The van der Waals surface area contributed by atoms with Crippen molar-refractivity contribution in [2.24, 2.45) is 0 Å². The third-order valence-electron chi connectivity index (χ3n) is 1.55. The minimum Gasteiger partial charge on any atom is -0.477 e. The van der Waals surface area contributed by atoms with E-state index in [4.69, 9.17) is 5.11 Å². The highest BCUT2D eigenvalue weighted by atomic mass is 79.9. The van der Waals surface area contributed by atoms with Crippen molar-refractivity contribution in [1.82, 2.24) is 0 Å². The number of carboxylic acid groups (broad SMARTS) is 1. The molecule has 0 aliphatic rings. The summed E-state index contributed by atoms with van der Waals surface area (Å²) in [5.41, 5.74) is -1.16. The quantitative estimate of drug-likeness (QED) is 0.896. The number of halogens is 4. The Morgan fingerprint density at radius 2 is 2.00 bits per heavy atom. The van der Waals surface area contributed by atoms with Crippen molar-refractivity contribution >= 4 is 21.9 Å². The molecule has 0 saturated carbocycles. The zero-order chi connectivity index (χ0) is 10.9. The number of hydrogen-bond acceptors (Lipinski definition) is 1. The van der Waals surface area contributed by atoms with Crippen molar-refractivity contribution in [1.29, 1.82) is 0 Å². The van der Waals surface area contributed by atoms with Crippen LogP contribution in [0.15, 0.2) is 22.7 Å². The number of carbonyl (C=O) groups is 1. The van der Waals surface area contributed by atoms with E-state index in [0.717, 1.165) is 12.1 Å². The molecule has 0 radical (unpaired) electrons. The second-order valence-electron chi connectivity index (χ2n) is 2.48. The number of carboxylic acids is 1. The van der Waals surface area contributed by atoms with Gasteiger partial charge in [0.05, 0.1) is 5.56 Å². The number of benzene rings is 1. The van der Waals surface area contributed by atoms with Gasteiger partial charge >= 0.3 is 11.9 Å². The smallest absolute Gasteiger partial charge is 0.379 e. The molecule has 0 saturated heterocycles. The molecular weight excluding hydrogens is 265 g/mol. The van der Waals surface area contributed by atoms with E-state index >= 15 is 0 Å². The normalized spacial score (nSPS) is 11.4. The Bertz CT molecular complexity index is 359. The third kappa shape index (κ3) is 1.75. The fourth-order valence-electron chi connectivity index (χ4n) is 0.905. The summed E-state index contributed by atoms with van der Waals surface area (Å²) in [7, 11) is 0. The average Bonchev–Trinajstić information content (AvgIpc) is 2.02. The lowest BCUT2D eigenvalue weighted by molar-refractivity contribution is -0.166. The molecule has 0 bridgehead atoms. The number of hydrogen-bond donors (Lipinski definition) is 1. The molecule has 0 fully saturated rings. The molecule has 0 heterocycles. The van der Waals surface area contributed by atoms with Gasteiger partial charge in [-0.15, -0.1) is 0 Å². The first-order valence-electron chi connectivity index (χ1n) is 3.43. The van der Waals surface area contributed by atoms with Gasteiger partial charge < -0.3 is 5.11 Å². The fraction of sp³-hybridized carbons (Fsp3) is 0.125. The summed E-state index contributed by atoms with van der Waals surface area (Å²) in [6.45, 7) is 0. The van der Waals surface area contributed by atoms with Gasteiger partial charge in [-0.05, 0) is 12.1 Å². The standard InChI is InChI=1S/C8H4BrF3O2/c9-4-2-1-3-5(10)6(4)8(11,12)7(13)14/h1-3H,(H,13,14). The minimum atomic E-state index is -4.23. The van der Waals surface area contributed by atoms with Gasteiger partial charge in [0.1, 0.15) is 5.82 Å². The minimum absolute atomic E-state index is 0.273. The van der Waals surface area contributed by atoms with Gasteiger partial charge in [-0.1, -0.05) is 22.0 Å². The lowest BCUT2D eigenvalue weighted by atomic mass is 10.1. The Morgan fingerprint density at radius 3 is 2.43 bits per heavy atom. The molecule has 0 unspecified atom stereocenters. The summed E-state index contributed by atoms with van der Waals surface area (Å²) in [5.74, 6) is -7.88. The zero-order valence-electron chi connectivity index (χ0n) is 6.60. The summed E-state index contributed by atoms with van der Waals surface area (Å²) in [4.78, 5) is 10.2. The highest BCUT2D eigenvalue weighted by molar-refractivity contribution is 9.10. The number of aliphatic carboxylic acids is 1. The molecular formula is C8H4BrF3O2. The van der Waals surface area contributed by atoms with Crippen molar-refractivity contribution in [2.75, 3.05) is 0 Å². The van der Waals surface area contributed by atoms with Gasteiger partial charge in [0.2, 0.25) is 0 Å². The molecule has 0 atom stereocenters. The molecule has 76 valence electrons. The maximum absolute atomic E-state index is 12.9. The van der Waals surface area contributed by atoms with Crippen LogP contribution in [0.2, 0.25) is 0 Å². The van der Waals surface area contributed by atoms with Gasteiger partial charge in [0.25, 0.3) is 0 Å². The van der Waals surface area contributed by atoms with Crippen molar-refractivity contribution in [3.05, 3.63) is 34.1 Å². The maximum Gasteiger partial charge on any atom is 0.379 e. The summed E-state index contributed by atoms with van der Waals surface area (Å²) in [5, 5.41) is 8.21. The van der Waals surface area contributed by atoms with E-state index in [0.29, 0.717) is 0 Å². The van der Waals surface area contributed by atoms with E-state index in [2.05, 4.69) is 15.9 Å². The Hall–Kier alpha value is -1.04. The van der Waals surface area contributed by atoms with Crippen molar-refractivity contribution < 1.29 is 23.1 Å². The molecule has 2 nitrogen and oxygen atoms in total. The second-order valence-corrected chi connectivity index (χ2v) is 3.33. The molecule has 1 N–H and O–H groups in total. The first-order chi connectivity index (χ1) is 6.37. The van der Waals surface area contributed by atoms with Crippen LogP contribution in [0.5, 0.6) is 0 Å². The zero-order valence-corrected chi connectivity index (χ0v) is 8.19. The Balaban J connectivity index is 3.38. The largest absolute Gasteiger partial charge is 0.477 e. The summed E-state index contributed by atoms with van der Waals surface area (Å²) in [6, 6.07) is 3.12. The van der Waals surface area contributed by atoms with Gasteiger partial charge in [-0.2, -0.15) is 8.78 Å². The van der Waals surface area contributed by atoms with E-state index in [1.807, 2.05) is 0 Å². The first kappa shape index (κ1) is 11.0. The molecule has 0 spiro atoms. The van der Waals surface area contributed by atoms with Gasteiger partial charge in [-0.3, -0.25) is 0 Å². The monoisotopic (exact) mass is 268 g/mol. The fourth-order valence-corrected chi connectivity index (χ4v) is 1.50. The molecule has 0 amide bonds. The van der Waals surface area contributed by atoms with Gasteiger partial charge in [0.15, 0.2) is 0 Å². The van der Waals surface area contributed by atoms with Crippen LogP contribution in [0.4, 0.5) is 13.2 Å². The van der Waals surface area contributed by atoms with Crippen LogP contribution in [0.3, 0.4) is 0 Å². The lowest BCUT2D eigenvalue weighted by Crippen LogP contribution is -2.27. The van der Waals surface area contributed by atoms with E-state index in [1.165, 1.54) is 6.07 Å². The van der Waals surface area contributed by atoms with Crippen LogP contribution in [-0.4, -0.2) is 11.1 Å². The second kappa shape index (κ2) is 3.61. The van der Waals surface area contributed by atoms with E-state index in [-0.39, 0.29) is 4.47 Å². The number of alkyl halides is 2. The van der Waals surface area contributed by atoms with Crippen LogP contribution in [0.1, 0.15) is 5.56 Å². The van der Waals surface area contributed by atoms with Crippen LogP contribution >= 0.6 is 15.9 Å². The van der Waals surface area contributed by atoms with E-state index in [9.17, 15) is 18.0 Å². The highest BCUT2D eigenvalue weighted by Crippen LogP contribution is 2.35. The molecule has 1 aromatic rings. The molecule has 14 heavy (non-hydrogen) atoms. The van der Waals surface area contributed by atoms with Crippen molar-refractivity contribution in [3.63, 3.8) is 0 Å². The Labute approximate surface area is 85.5 Å². The van der Waals surface area contributed by atoms with E-state index < -0.39 is 23.3 Å². The first-order valence-corrected chi connectivity index (χ1v) is 4.22. The van der Waals surface area contributed by atoms with Gasteiger partial charge in [-0.25, -0.2) is 9.18 Å². The third-order valence-corrected chi connectivity index (χ3v) is 2.21. The number of rotatable bonds is 2. The van der Waals surface area contributed by atoms with Gasteiger partial charge in [0, 0.05) is 4.47 Å². The molecule has 6 heteroatoms. The SMILES string of the molecule is O=C(O)C(F)(F)c1c(F)cccc1Br.